The lowest BCUT2D eigenvalue weighted by atomic mass is 10.0. The minimum absolute atomic E-state index is 0.652. The van der Waals surface area contributed by atoms with Gasteiger partial charge in [0.25, 0.3) is 0 Å². The van der Waals surface area contributed by atoms with Gasteiger partial charge in [-0.3, -0.25) is 0 Å². The van der Waals surface area contributed by atoms with Crippen LogP contribution in [0.5, 0.6) is 0 Å². The van der Waals surface area contributed by atoms with Crippen molar-refractivity contribution in [1.29, 1.82) is 0 Å². The highest BCUT2D eigenvalue weighted by Gasteiger charge is 2.13. The molecule has 0 fully saturated rings. The number of anilines is 3. The standard InChI is InChI=1S/C24H17ClN2O/c25-24-20(13-14-22-23(24)18-6-2-4-8-21(18)28-22)27-16-11-9-15(10-12-16)17-5-1-3-7-19(17)26/h1-14,27H,26H2. The number of hydrogen-bond acceptors (Lipinski definition) is 3. The number of nitrogens with one attached hydrogen (secondary N) is 1. The van der Waals surface area contributed by atoms with Crippen molar-refractivity contribution in [2.45, 2.75) is 0 Å². The predicted molar refractivity (Wildman–Crippen MR) is 118 cm³/mol. The van der Waals surface area contributed by atoms with E-state index < -0.39 is 0 Å². The third kappa shape index (κ3) is 2.77. The Hall–Kier alpha value is -3.43. The number of hydrogen-bond donors (Lipinski definition) is 2. The van der Waals surface area contributed by atoms with Crippen LogP contribution < -0.4 is 11.1 Å². The molecule has 0 radical (unpaired) electrons. The molecule has 1 heterocycles. The molecular weight excluding hydrogens is 368 g/mol. The van der Waals surface area contributed by atoms with E-state index in [2.05, 4.69) is 5.32 Å². The van der Waals surface area contributed by atoms with Crippen LogP contribution in [0.15, 0.2) is 89.3 Å². The summed E-state index contributed by atoms with van der Waals surface area (Å²) in [6.45, 7) is 0. The van der Waals surface area contributed by atoms with Crippen molar-refractivity contribution < 1.29 is 4.42 Å². The predicted octanol–water partition coefficient (Wildman–Crippen LogP) is 7.23. The fourth-order valence-corrected chi connectivity index (χ4v) is 3.83. The van der Waals surface area contributed by atoms with E-state index in [4.69, 9.17) is 21.8 Å². The Bertz CT molecular complexity index is 1310. The maximum Gasteiger partial charge on any atom is 0.137 e. The normalized spacial score (nSPS) is 11.2. The van der Waals surface area contributed by atoms with Crippen molar-refractivity contribution in [2.24, 2.45) is 0 Å². The number of halogens is 1. The summed E-state index contributed by atoms with van der Waals surface area (Å²) >= 11 is 6.72. The lowest BCUT2D eigenvalue weighted by Gasteiger charge is -2.11. The zero-order chi connectivity index (χ0) is 19.1. The zero-order valence-corrected chi connectivity index (χ0v) is 15.7. The third-order valence-corrected chi connectivity index (χ3v) is 5.31. The molecule has 0 saturated carbocycles. The molecular formula is C24H17ClN2O. The second-order valence-electron chi connectivity index (χ2n) is 6.69. The molecule has 0 atom stereocenters. The number of fused-ring (bicyclic) bond motifs is 3. The summed E-state index contributed by atoms with van der Waals surface area (Å²) in [7, 11) is 0. The largest absolute Gasteiger partial charge is 0.456 e. The summed E-state index contributed by atoms with van der Waals surface area (Å²) in [6.07, 6.45) is 0. The first-order chi connectivity index (χ1) is 13.7. The first kappa shape index (κ1) is 16.7. The van der Waals surface area contributed by atoms with E-state index in [1.165, 1.54) is 0 Å². The molecule has 4 heteroatoms. The molecule has 3 nitrogen and oxygen atoms in total. The van der Waals surface area contributed by atoms with Gasteiger partial charge >= 0.3 is 0 Å². The van der Waals surface area contributed by atoms with E-state index in [1.807, 2.05) is 84.9 Å². The molecule has 5 aromatic rings. The van der Waals surface area contributed by atoms with Crippen LogP contribution in [0.2, 0.25) is 5.02 Å². The van der Waals surface area contributed by atoms with E-state index in [0.29, 0.717) is 5.02 Å². The van der Waals surface area contributed by atoms with Gasteiger partial charge in [0, 0.05) is 27.7 Å². The number of nitrogen functional groups attached to an aromatic ring is 1. The Morgan fingerprint density at radius 1 is 0.750 bits per heavy atom. The molecule has 4 aromatic carbocycles. The van der Waals surface area contributed by atoms with Crippen molar-refractivity contribution in [1.82, 2.24) is 0 Å². The van der Waals surface area contributed by atoms with Crippen LogP contribution in [-0.4, -0.2) is 0 Å². The van der Waals surface area contributed by atoms with Crippen LogP contribution in [0, 0.1) is 0 Å². The van der Waals surface area contributed by atoms with E-state index in [-0.39, 0.29) is 0 Å². The molecule has 0 amide bonds. The molecule has 0 spiro atoms. The summed E-state index contributed by atoms with van der Waals surface area (Å²) in [6, 6.07) is 27.8. The van der Waals surface area contributed by atoms with Gasteiger partial charge in [-0.2, -0.15) is 0 Å². The Balaban J connectivity index is 1.51. The Labute approximate surface area is 167 Å². The van der Waals surface area contributed by atoms with Crippen LogP contribution in [0.4, 0.5) is 17.1 Å². The van der Waals surface area contributed by atoms with Gasteiger partial charge in [-0.1, -0.05) is 60.1 Å². The Kier molecular flexibility index (Phi) is 3.96. The van der Waals surface area contributed by atoms with Crippen LogP contribution in [0.3, 0.4) is 0 Å². The SMILES string of the molecule is Nc1ccccc1-c1ccc(Nc2ccc3oc4ccccc4c3c2Cl)cc1. The van der Waals surface area contributed by atoms with Gasteiger partial charge in [0.15, 0.2) is 0 Å². The summed E-state index contributed by atoms with van der Waals surface area (Å²) in [5.41, 5.74) is 12.4. The second-order valence-corrected chi connectivity index (χ2v) is 7.07. The molecule has 0 aliphatic heterocycles. The minimum Gasteiger partial charge on any atom is -0.456 e. The van der Waals surface area contributed by atoms with E-state index >= 15 is 0 Å². The quantitative estimate of drug-likeness (QED) is 0.322. The van der Waals surface area contributed by atoms with Gasteiger partial charge in [-0.25, -0.2) is 0 Å². The van der Waals surface area contributed by atoms with Crippen molar-refractivity contribution >= 4 is 50.6 Å². The van der Waals surface area contributed by atoms with Gasteiger partial charge < -0.3 is 15.5 Å². The third-order valence-electron chi connectivity index (χ3n) is 4.92. The van der Waals surface area contributed by atoms with Crippen molar-refractivity contribution in [3.05, 3.63) is 90.0 Å². The Morgan fingerprint density at radius 2 is 1.50 bits per heavy atom. The van der Waals surface area contributed by atoms with Gasteiger partial charge in [-0.05, 0) is 42.0 Å². The molecule has 3 N–H and O–H groups in total. The molecule has 0 aliphatic rings. The number of nitrogens with two attached hydrogens (primary N) is 1. The van der Waals surface area contributed by atoms with Crippen LogP contribution in [-0.2, 0) is 0 Å². The van der Waals surface area contributed by atoms with E-state index in [9.17, 15) is 0 Å². The van der Waals surface area contributed by atoms with Gasteiger partial charge in [0.1, 0.15) is 11.2 Å². The first-order valence-corrected chi connectivity index (χ1v) is 9.40. The molecule has 0 saturated heterocycles. The summed E-state index contributed by atoms with van der Waals surface area (Å²) < 4.78 is 5.89. The van der Waals surface area contributed by atoms with E-state index in [0.717, 1.165) is 50.1 Å². The summed E-state index contributed by atoms with van der Waals surface area (Å²) in [5, 5.41) is 6.00. The Morgan fingerprint density at radius 3 is 2.32 bits per heavy atom. The molecule has 5 rings (SSSR count). The summed E-state index contributed by atoms with van der Waals surface area (Å²) in [4.78, 5) is 0. The second kappa shape index (κ2) is 6.63. The molecule has 28 heavy (non-hydrogen) atoms. The average molecular weight is 385 g/mol. The van der Waals surface area contributed by atoms with Gasteiger partial charge in [0.2, 0.25) is 0 Å². The van der Waals surface area contributed by atoms with E-state index in [1.54, 1.807) is 0 Å². The number of furan rings is 1. The average Bonchev–Trinajstić information content (AvgIpc) is 3.10. The van der Waals surface area contributed by atoms with Crippen LogP contribution in [0.1, 0.15) is 0 Å². The summed E-state index contributed by atoms with van der Waals surface area (Å²) in [5.74, 6) is 0. The van der Waals surface area contributed by atoms with Crippen LogP contribution in [0.25, 0.3) is 33.1 Å². The number of para-hydroxylation sites is 2. The molecule has 1 aromatic heterocycles. The highest BCUT2D eigenvalue weighted by Crippen LogP contribution is 2.39. The fraction of sp³-hybridized carbons (Fsp3) is 0. The molecule has 0 aliphatic carbocycles. The smallest absolute Gasteiger partial charge is 0.137 e. The van der Waals surface area contributed by atoms with Crippen LogP contribution >= 0.6 is 11.6 Å². The van der Waals surface area contributed by atoms with Gasteiger partial charge in [0.05, 0.1) is 10.7 Å². The first-order valence-electron chi connectivity index (χ1n) is 9.02. The molecule has 136 valence electrons. The van der Waals surface area contributed by atoms with Crippen molar-refractivity contribution in [3.8, 4) is 11.1 Å². The lowest BCUT2D eigenvalue weighted by molar-refractivity contribution is 0.669. The monoisotopic (exact) mass is 384 g/mol. The molecule has 0 bridgehead atoms. The van der Waals surface area contributed by atoms with Gasteiger partial charge in [-0.15, -0.1) is 0 Å². The lowest BCUT2D eigenvalue weighted by Crippen LogP contribution is -1.92. The fourth-order valence-electron chi connectivity index (χ4n) is 3.52. The topological polar surface area (TPSA) is 51.2 Å². The number of rotatable bonds is 3. The number of benzene rings is 4. The minimum atomic E-state index is 0.652. The highest BCUT2D eigenvalue weighted by atomic mass is 35.5. The maximum absolute atomic E-state index is 6.72. The molecule has 0 unspecified atom stereocenters. The van der Waals surface area contributed by atoms with Crippen molar-refractivity contribution in [3.63, 3.8) is 0 Å². The maximum atomic E-state index is 6.72. The zero-order valence-electron chi connectivity index (χ0n) is 14.9. The van der Waals surface area contributed by atoms with Crippen molar-refractivity contribution in [2.75, 3.05) is 11.1 Å². The highest BCUT2D eigenvalue weighted by molar-refractivity contribution is 6.40.